The summed E-state index contributed by atoms with van der Waals surface area (Å²) in [6, 6.07) is 8.41. The van der Waals surface area contributed by atoms with E-state index in [0.717, 1.165) is 43.5 Å². The first-order chi connectivity index (χ1) is 9.81. The highest BCUT2D eigenvalue weighted by Crippen LogP contribution is 2.34. The highest BCUT2D eigenvalue weighted by atomic mass is 16.3. The average molecular weight is 274 g/mol. The van der Waals surface area contributed by atoms with Crippen LogP contribution in [0.25, 0.3) is 0 Å². The van der Waals surface area contributed by atoms with Crippen molar-refractivity contribution in [1.29, 1.82) is 0 Å². The van der Waals surface area contributed by atoms with Crippen LogP contribution in [0.1, 0.15) is 37.2 Å². The molecular weight excluding hydrogens is 252 g/mol. The van der Waals surface area contributed by atoms with Crippen molar-refractivity contribution in [3.05, 3.63) is 29.8 Å². The van der Waals surface area contributed by atoms with Crippen LogP contribution in [0.15, 0.2) is 24.3 Å². The van der Waals surface area contributed by atoms with Gasteiger partial charge < -0.3 is 15.3 Å². The third kappa shape index (κ3) is 2.40. The van der Waals surface area contributed by atoms with Gasteiger partial charge in [-0.1, -0.05) is 18.2 Å². The van der Waals surface area contributed by atoms with Crippen LogP contribution in [-0.2, 0) is 4.79 Å². The van der Waals surface area contributed by atoms with E-state index in [9.17, 15) is 4.79 Å². The molecule has 2 atom stereocenters. The van der Waals surface area contributed by atoms with E-state index in [1.807, 2.05) is 23.1 Å². The first kappa shape index (κ1) is 13.4. The number of hydrogen-bond acceptors (Lipinski definition) is 3. The summed E-state index contributed by atoms with van der Waals surface area (Å²) in [5, 5.41) is 12.3. The molecule has 20 heavy (non-hydrogen) atoms. The number of hydrogen-bond donors (Lipinski definition) is 2. The van der Waals surface area contributed by atoms with Gasteiger partial charge in [-0.15, -0.1) is 0 Å². The van der Waals surface area contributed by atoms with Gasteiger partial charge in [-0.2, -0.15) is 0 Å². The Morgan fingerprint density at radius 1 is 1.40 bits per heavy atom. The van der Waals surface area contributed by atoms with Crippen molar-refractivity contribution in [3.8, 4) is 0 Å². The Morgan fingerprint density at radius 3 is 3.10 bits per heavy atom. The predicted molar refractivity (Wildman–Crippen MR) is 78.7 cm³/mol. The predicted octanol–water partition coefficient (Wildman–Crippen LogP) is 1.96. The first-order valence-corrected chi connectivity index (χ1v) is 7.55. The molecule has 2 heterocycles. The number of aliphatic hydroxyl groups is 1. The molecule has 2 N–H and O–H groups in total. The van der Waals surface area contributed by atoms with Gasteiger partial charge in [0.15, 0.2) is 0 Å². The summed E-state index contributed by atoms with van der Waals surface area (Å²) in [6.07, 6.45) is 3.87. The second-order valence-electron chi connectivity index (χ2n) is 5.71. The zero-order valence-corrected chi connectivity index (χ0v) is 11.7. The summed E-state index contributed by atoms with van der Waals surface area (Å²) in [4.78, 5) is 14.9. The van der Waals surface area contributed by atoms with E-state index < -0.39 is 0 Å². The lowest BCUT2D eigenvalue weighted by atomic mass is 9.99. The zero-order valence-electron chi connectivity index (χ0n) is 11.7. The molecular formula is C16H22N2O2. The normalized spacial score (nSPS) is 24.6. The Morgan fingerprint density at radius 2 is 2.25 bits per heavy atom. The molecule has 3 rings (SSSR count). The number of carbonyl (C=O) groups is 1. The SMILES string of the molecule is O=C(C1CNc2ccccc21)N1CCCC1CCCO. The number of likely N-dealkylation sites (tertiary alicyclic amines) is 1. The molecule has 1 saturated heterocycles. The fraction of sp³-hybridized carbons (Fsp3) is 0.562. The molecule has 0 saturated carbocycles. The molecule has 2 aliphatic rings. The fourth-order valence-corrected chi connectivity index (χ4v) is 3.46. The summed E-state index contributed by atoms with van der Waals surface area (Å²) in [7, 11) is 0. The van der Waals surface area contributed by atoms with Crippen LogP contribution in [0, 0.1) is 0 Å². The molecule has 1 aromatic rings. The van der Waals surface area contributed by atoms with Crippen LogP contribution in [0.3, 0.4) is 0 Å². The maximum absolute atomic E-state index is 12.8. The molecule has 0 aliphatic carbocycles. The third-order valence-electron chi connectivity index (χ3n) is 4.49. The number of para-hydroxylation sites is 1. The van der Waals surface area contributed by atoms with Crippen molar-refractivity contribution in [2.45, 2.75) is 37.6 Å². The minimum atomic E-state index is -0.0408. The highest BCUT2D eigenvalue weighted by molar-refractivity contribution is 5.88. The summed E-state index contributed by atoms with van der Waals surface area (Å²) >= 11 is 0. The van der Waals surface area contributed by atoms with Crippen LogP contribution in [0.2, 0.25) is 0 Å². The average Bonchev–Trinajstić information content (AvgIpc) is 3.11. The van der Waals surface area contributed by atoms with Crippen molar-refractivity contribution in [2.75, 3.05) is 25.0 Å². The van der Waals surface area contributed by atoms with Gasteiger partial charge in [-0.3, -0.25) is 4.79 Å². The van der Waals surface area contributed by atoms with Gasteiger partial charge in [-0.25, -0.2) is 0 Å². The molecule has 108 valence electrons. The maximum atomic E-state index is 12.8. The van der Waals surface area contributed by atoms with Crippen molar-refractivity contribution in [2.24, 2.45) is 0 Å². The number of fused-ring (bicyclic) bond motifs is 1. The third-order valence-corrected chi connectivity index (χ3v) is 4.49. The Labute approximate surface area is 119 Å². The first-order valence-electron chi connectivity index (χ1n) is 7.55. The second kappa shape index (κ2) is 5.83. The fourth-order valence-electron chi connectivity index (χ4n) is 3.46. The zero-order chi connectivity index (χ0) is 13.9. The maximum Gasteiger partial charge on any atom is 0.232 e. The van der Waals surface area contributed by atoms with E-state index in [0.29, 0.717) is 12.6 Å². The van der Waals surface area contributed by atoms with E-state index in [2.05, 4.69) is 11.4 Å². The molecule has 4 nitrogen and oxygen atoms in total. The number of aliphatic hydroxyl groups excluding tert-OH is 1. The lowest BCUT2D eigenvalue weighted by Crippen LogP contribution is -2.39. The van der Waals surface area contributed by atoms with Crippen LogP contribution < -0.4 is 5.32 Å². The number of benzene rings is 1. The van der Waals surface area contributed by atoms with Crippen LogP contribution >= 0.6 is 0 Å². The Kier molecular flexibility index (Phi) is 3.92. The van der Waals surface area contributed by atoms with E-state index >= 15 is 0 Å². The van der Waals surface area contributed by atoms with Gasteiger partial charge in [0.1, 0.15) is 0 Å². The van der Waals surface area contributed by atoms with Crippen molar-refractivity contribution < 1.29 is 9.90 Å². The minimum absolute atomic E-state index is 0.0408. The van der Waals surface area contributed by atoms with Gasteiger partial charge in [0.25, 0.3) is 0 Å². The van der Waals surface area contributed by atoms with Gasteiger partial charge in [-0.05, 0) is 37.3 Å². The Bertz CT molecular complexity index is 489. The molecule has 0 radical (unpaired) electrons. The summed E-state index contributed by atoms with van der Waals surface area (Å²) < 4.78 is 0. The van der Waals surface area contributed by atoms with E-state index in [1.165, 1.54) is 0 Å². The van der Waals surface area contributed by atoms with Crippen molar-refractivity contribution >= 4 is 11.6 Å². The van der Waals surface area contributed by atoms with Gasteiger partial charge in [0, 0.05) is 31.4 Å². The standard InChI is InChI=1S/C16H22N2O2/c19-10-4-6-12-5-3-9-18(12)16(20)14-11-17-15-8-2-1-7-13(14)15/h1-2,7-8,12,14,17,19H,3-6,9-11H2. The van der Waals surface area contributed by atoms with E-state index in [1.54, 1.807) is 0 Å². The topological polar surface area (TPSA) is 52.6 Å². The summed E-state index contributed by atoms with van der Waals surface area (Å²) in [5.74, 6) is 0.212. The summed E-state index contributed by atoms with van der Waals surface area (Å²) in [6.45, 7) is 1.79. The largest absolute Gasteiger partial charge is 0.396 e. The van der Waals surface area contributed by atoms with Crippen LogP contribution in [0.4, 0.5) is 5.69 Å². The Hall–Kier alpha value is -1.55. The van der Waals surface area contributed by atoms with Crippen LogP contribution in [-0.4, -0.2) is 41.7 Å². The molecule has 1 aromatic carbocycles. The van der Waals surface area contributed by atoms with Gasteiger partial charge >= 0.3 is 0 Å². The molecule has 0 spiro atoms. The molecule has 4 heteroatoms. The highest BCUT2D eigenvalue weighted by Gasteiger charge is 2.36. The quantitative estimate of drug-likeness (QED) is 0.882. The molecule has 2 aliphatic heterocycles. The number of rotatable bonds is 4. The molecule has 2 unspecified atom stereocenters. The number of anilines is 1. The van der Waals surface area contributed by atoms with Crippen molar-refractivity contribution in [1.82, 2.24) is 4.90 Å². The molecule has 1 amide bonds. The van der Waals surface area contributed by atoms with E-state index in [-0.39, 0.29) is 18.4 Å². The van der Waals surface area contributed by atoms with E-state index in [4.69, 9.17) is 5.11 Å². The molecule has 1 fully saturated rings. The lowest BCUT2D eigenvalue weighted by Gasteiger charge is -2.27. The Balaban J connectivity index is 1.73. The van der Waals surface area contributed by atoms with Crippen molar-refractivity contribution in [3.63, 3.8) is 0 Å². The van der Waals surface area contributed by atoms with Gasteiger partial charge in [0.05, 0.1) is 5.92 Å². The second-order valence-corrected chi connectivity index (χ2v) is 5.71. The minimum Gasteiger partial charge on any atom is -0.396 e. The van der Waals surface area contributed by atoms with Crippen LogP contribution in [0.5, 0.6) is 0 Å². The monoisotopic (exact) mass is 274 g/mol. The number of carbonyl (C=O) groups excluding carboxylic acids is 1. The number of amides is 1. The van der Waals surface area contributed by atoms with Gasteiger partial charge in [0.2, 0.25) is 5.91 Å². The molecule has 0 bridgehead atoms. The number of nitrogens with one attached hydrogen (secondary N) is 1. The number of nitrogens with zero attached hydrogens (tertiary/aromatic N) is 1. The summed E-state index contributed by atoms with van der Waals surface area (Å²) in [5.41, 5.74) is 2.22. The molecule has 0 aromatic heterocycles. The smallest absolute Gasteiger partial charge is 0.232 e. The lowest BCUT2D eigenvalue weighted by molar-refractivity contribution is -0.133.